The number of ether oxygens (including phenoxy) is 1. The molecule has 2 aromatic rings. The van der Waals surface area contributed by atoms with E-state index in [4.69, 9.17) is 10.5 Å². The predicted octanol–water partition coefficient (Wildman–Crippen LogP) is 4.24. The van der Waals surface area contributed by atoms with Gasteiger partial charge in [0, 0.05) is 11.6 Å². The van der Waals surface area contributed by atoms with Crippen molar-refractivity contribution in [2.24, 2.45) is 5.73 Å². The molecule has 0 saturated heterocycles. The minimum absolute atomic E-state index is 0.0358. The number of hydrogen-bond acceptors (Lipinski definition) is 2. The summed E-state index contributed by atoms with van der Waals surface area (Å²) < 4.78 is 5.94. The highest BCUT2D eigenvalue weighted by Gasteiger charge is 2.09. The van der Waals surface area contributed by atoms with Crippen LogP contribution >= 0.6 is 0 Å². The van der Waals surface area contributed by atoms with Crippen molar-refractivity contribution in [2.75, 3.05) is 0 Å². The van der Waals surface area contributed by atoms with Crippen LogP contribution in [-0.4, -0.2) is 0 Å². The van der Waals surface area contributed by atoms with Crippen LogP contribution in [0, 0.1) is 0 Å². The van der Waals surface area contributed by atoms with Crippen molar-refractivity contribution in [3.05, 3.63) is 65.2 Å². The van der Waals surface area contributed by atoms with Crippen molar-refractivity contribution in [3.63, 3.8) is 0 Å². The van der Waals surface area contributed by atoms with Crippen molar-refractivity contribution in [2.45, 2.75) is 39.3 Å². The Morgan fingerprint density at radius 2 is 1.60 bits per heavy atom. The van der Waals surface area contributed by atoms with E-state index in [9.17, 15) is 0 Å². The Labute approximate surface area is 121 Å². The molecule has 0 aliphatic rings. The highest BCUT2D eigenvalue weighted by atomic mass is 16.5. The molecule has 0 aliphatic heterocycles. The van der Waals surface area contributed by atoms with Gasteiger partial charge in [0.25, 0.3) is 0 Å². The maximum Gasteiger partial charge on any atom is 0.124 e. The second-order valence-electron chi connectivity index (χ2n) is 5.01. The fraction of sp³-hybridized carbons (Fsp3) is 0.333. The van der Waals surface area contributed by atoms with Crippen LogP contribution in [0.3, 0.4) is 0 Å². The van der Waals surface area contributed by atoms with Crippen LogP contribution in [0.5, 0.6) is 5.75 Å². The number of nitrogens with two attached hydrogens (primary N) is 1. The lowest BCUT2D eigenvalue weighted by Gasteiger charge is -2.15. The smallest absolute Gasteiger partial charge is 0.124 e. The van der Waals surface area contributed by atoms with Crippen molar-refractivity contribution in [1.29, 1.82) is 0 Å². The zero-order chi connectivity index (χ0) is 14.4. The van der Waals surface area contributed by atoms with Gasteiger partial charge in [-0.3, -0.25) is 0 Å². The van der Waals surface area contributed by atoms with Gasteiger partial charge < -0.3 is 10.5 Å². The quantitative estimate of drug-likeness (QED) is 0.851. The topological polar surface area (TPSA) is 35.2 Å². The van der Waals surface area contributed by atoms with E-state index in [1.54, 1.807) is 0 Å². The molecule has 0 amide bonds. The third-order valence-corrected chi connectivity index (χ3v) is 3.58. The molecule has 0 saturated carbocycles. The van der Waals surface area contributed by atoms with Gasteiger partial charge >= 0.3 is 0 Å². The molecular formula is C18H23NO. The normalized spacial score (nSPS) is 12.2. The molecule has 106 valence electrons. The maximum absolute atomic E-state index is 6.12. The van der Waals surface area contributed by atoms with Gasteiger partial charge in [-0.05, 0) is 30.0 Å². The van der Waals surface area contributed by atoms with E-state index in [-0.39, 0.29) is 6.04 Å². The van der Waals surface area contributed by atoms with Crippen LogP contribution in [0.25, 0.3) is 0 Å². The molecule has 0 spiro atoms. The first-order valence-corrected chi connectivity index (χ1v) is 7.29. The van der Waals surface area contributed by atoms with Gasteiger partial charge in [0.15, 0.2) is 0 Å². The number of para-hydroxylation sites is 1. The highest BCUT2D eigenvalue weighted by molar-refractivity contribution is 5.36. The van der Waals surface area contributed by atoms with Gasteiger partial charge in [-0.15, -0.1) is 0 Å². The van der Waals surface area contributed by atoms with Crippen molar-refractivity contribution < 1.29 is 4.74 Å². The molecular weight excluding hydrogens is 246 g/mol. The Morgan fingerprint density at radius 1 is 0.950 bits per heavy atom. The molecule has 0 unspecified atom stereocenters. The largest absolute Gasteiger partial charge is 0.489 e. The second-order valence-corrected chi connectivity index (χ2v) is 5.01. The van der Waals surface area contributed by atoms with Gasteiger partial charge in [0.2, 0.25) is 0 Å². The summed E-state index contributed by atoms with van der Waals surface area (Å²) >= 11 is 0. The SMILES string of the molecule is CCc1ccc(COc2ccccc2[C@H](N)CC)cc1. The molecule has 0 fully saturated rings. The van der Waals surface area contributed by atoms with Gasteiger partial charge in [-0.1, -0.05) is 56.3 Å². The third-order valence-electron chi connectivity index (χ3n) is 3.58. The Balaban J connectivity index is 2.06. The van der Waals surface area contributed by atoms with Gasteiger partial charge in [-0.25, -0.2) is 0 Å². The molecule has 0 aromatic heterocycles. The van der Waals surface area contributed by atoms with Crippen molar-refractivity contribution in [1.82, 2.24) is 0 Å². The lowest BCUT2D eigenvalue weighted by atomic mass is 10.0. The van der Waals surface area contributed by atoms with E-state index in [1.165, 1.54) is 11.1 Å². The lowest BCUT2D eigenvalue weighted by molar-refractivity contribution is 0.300. The van der Waals surface area contributed by atoms with E-state index in [0.717, 1.165) is 24.2 Å². The van der Waals surface area contributed by atoms with Gasteiger partial charge in [-0.2, -0.15) is 0 Å². The fourth-order valence-corrected chi connectivity index (χ4v) is 2.17. The van der Waals surface area contributed by atoms with E-state index < -0.39 is 0 Å². The van der Waals surface area contributed by atoms with E-state index >= 15 is 0 Å². The Morgan fingerprint density at radius 3 is 2.25 bits per heavy atom. The van der Waals surface area contributed by atoms with Crippen LogP contribution in [0.15, 0.2) is 48.5 Å². The highest BCUT2D eigenvalue weighted by Crippen LogP contribution is 2.26. The van der Waals surface area contributed by atoms with Crippen LogP contribution in [0.1, 0.15) is 43.0 Å². The van der Waals surface area contributed by atoms with E-state index in [1.807, 2.05) is 24.3 Å². The van der Waals surface area contributed by atoms with Crippen LogP contribution in [-0.2, 0) is 13.0 Å². The first-order valence-electron chi connectivity index (χ1n) is 7.29. The predicted molar refractivity (Wildman–Crippen MR) is 83.8 cm³/mol. The second kappa shape index (κ2) is 7.11. The Kier molecular flexibility index (Phi) is 5.19. The fourth-order valence-electron chi connectivity index (χ4n) is 2.17. The van der Waals surface area contributed by atoms with Crippen LogP contribution in [0.2, 0.25) is 0 Å². The maximum atomic E-state index is 6.12. The first kappa shape index (κ1) is 14.6. The summed E-state index contributed by atoms with van der Waals surface area (Å²) in [5.74, 6) is 0.890. The monoisotopic (exact) mass is 269 g/mol. The molecule has 2 N–H and O–H groups in total. The lowest BCUT2D eigenvalue weighted by Crippen LogP contribution is -2.10. The minimum atomic E-state index is 0.0358. The summed E-state index contributed by atoms with van der Waals surface area (Å²) in [6, 6.07) is 16.6. The average Bonchev–Trinajstić information content (AvgIpc) is 2.53. The molecule has 2 aromatic carbocycles. The van der Waals surface area contributed by atoms with Gasteiger partial charge in [0.1, 0.15) is 12.4 Å². The summed E-state index contributed by atoms with van der Waals surface area (Å²) in [5, 5.41) is 0. The van der Waals surface area contributed by atoms with Gasteiger partial charge in [0.05, 0.1) is 0 Å². The molecule has 2 nitrogen and oxygen atoms in total. The van der Waals surface area contributed by atoms with E-state index in [2.05, 4.69) is 38.1 Å². The van der Waals surface area contributed by atoms with Crippen LogP contribution < -0.4 is 10.5 Å². The molecule has 0 bridgehead atoms. The molecule has 0 heterocycles. The van der Waals surface area contributed by atoms with Crippen LogP contribution in [0.4, 0.5) is 0 Å². The first-order chi connectivity index (χ1) is 9.74. The molecule has 2 heteroatoms. The molecule has 2 rings (SSSR count). The minimum Gasteiger partial charge on any atom is -0.489 e. The van der Waals surface area contributed by atoms with E-state index in [0.29, 0.717) is 6.61 Å². The summed E-state index contributed by atoms with van der Waals surface area (Å²) in [7, 11) is 0. The summed E-state index contributed by atoms with van der Waals surface area (Å²) in [4.78, 5) is 0. The number of hydrogen-bond donors (Lipinski definition) is 1. The average molecular weight is 269 g/mol. The Hall–Kier alpha value is -1.80. The van der Waals surface area contributed by atoms with Crippen molar-refractivity contribution >= 4 is 0 Å². The number of rotatable bonds is 6. The van der Waals surface area contributed by atoms with Crippen molar-refractivity contribution in [3.8, 4) is 5.75 Å². The summed E-state index contributed by atoms with van der Waals surface area (Å²) in [6.07, 6.45) is 1.97. The standard InChI is InChI=1S/C18H23NO/c1-3-14-9-11-15(12-10-14)13-20-18-8-6-5-7-16(18)17(19)4-2/h5-12,17H,3-4,13,19H2,1-2H3/t17-/m1/s1. The zero-order valence-corrected chi connectivity index (χ0v) is 12.3. The summed E-state index contributed by atoms with van der Waals surface area (Å²) in [6.45, 7) is 4.83. The molecule has 20 heavy (non-hydrogen) atoms. The zero-order valence-electron chi connectivity index (χ0n) is 12.3. The number of aryl methyl sites for hydroxylation is 1. The number of benzene rings is 2. The molecule has 0 aliphatic carbocycles. The Bertz CT molecular complexity index is 533. The molecule has 1 atom stereocenters. The summed E-state index contributed by atoms with van der Waals surface area (Å²) in [5.41, 5.74) is 9.74. The molecule has 0 radical (unpaired) electrons. The third kappa shape index (κ3) is 3.61.